The molecule has 0 spiro atoms. The molecule has 136 valence electrons. The summed E-state index contributed by atoms with van der Waals surface area (Å²) >= 11 is 0. The summed E-state index contributed by atoms with van der Waals surface area (Å²) in [6.45, 7) is 1.64. The van der Waals surface area contributed by atoms with Crippen LogP contribution in [0.2, 0.25) is 0 Å². The second kappa shape index (κ2) is 7.86. The van der Waals surface area contributed by atoms with Gasteiger partial charge in [0, 0.05) is 31.9 Å². The van der Waals surface area contributed by atoms with E-state index in [1.165, 1.54) is 6.07 Å². The van der Waals surface area contributed by atoms with Gasteiger partial charge in [0.1, 0.15) is 5.82 Å². The largest absolute Gasteiger partial charge is 0.452 e. The zero-order chi connectivity index (χ0) is 18.5. The molecule has 3 rings (SSSR count). The minimum atomic E-state index is -0.566. The van der Waals surface area contributed by atoms with Gasteiger partial charge >= 0.3 is 5.97 Å². The highest BCUT2D eigenvalue weighted by atomic mass is 19.1. The number of carbonyl (C=O) groups is 2. The zero-order valence-electron chi connectivity index (χ0n) is 14.2. The summed E-state index contributed by atoms with van der Waals surface area (Å²) in [5, 5.41) is 0. The van der Waals surface area contributed by atoms with E-state index in [1.54, 1.807) is 47.4 Å². The Bertz CT molecular complexity index is 787. The van der Waals surface area contributed by atoms with Crippen molar-refractivity contribution >= 4 is 23.3 Å². The molecule has 6 nitrogen and oxygen atoms in total. The van der Waals surface area contributed by atoms with Crippen molar-refractivity contribution in [1.82, 2.24) is 4.90 Å². The van der Waals surface area contributed by atoms with Gasteiger partial charge in [0.2, 0.25) is 0 Å². The van der Waals surface area contributed by atoms with E-state index in [2.05, 4.69) is 0 Å². The summed E-state index contributed by atoms with van der Waals surface area (Å²) in [4.78, 5) is 27.7. The molecule has 1 heterocycles. The number of nitrogens with two attached hydrogens (primary N) is 1. The molecule has 1 amide bonds. The lowest BCUT2D eigenvalue weighted by Crippen LogP contribution is -2.50. The summed E-state index contributed by atoms with van der Waals surface area (Å²) in [6, 6.07) is 12.9. The predicted molar refractivity (Wildman–Crippen MR) is 96.3 cm³/mol. The number of benzene rings is 2. The molecule has 0 atom stereocenters. The number of rotatable bonds is 4. The molecule has 2 aromatic carbocycles. The SMILES string of the molecule is Nc1ccc(C(=O)OCC(=O)N2CCN(c3ccccc3F)CC2)cc1. The number of piperazine rings is 1. The summed E-state index contributed by atoms with van der Waals surface area (Å²) < 4.78 is 18.9. The molecular formula is C19H20FN3O3. The minimum absolute atomic E-state index is 0.262. The third kappa shape index (κ3) is 4.11. The fourth-order valence-electron chi connectivity index (χ4n) is 2.83. The van der Waals surface area contributed by atoms with Gasteiger partial charge in [-0.3, -0.25) is 4.79 Å². The van der Waals surface area contributed by atoms with Gasteiger partial charge in [-0.1, -0.05) is 12.1 Å². The van der Waals surface area contributed by atoms with Crippen molar-refractivity contribution in [2.24, 2.45) is 0 Å². The van der Waals surface area contributed by atoms with E-state index >= 15 is 0 Å². The molecule has 1 aliphatic heterocycles. The van der Waals surface area contributed by atoms with Crippen LogP contribution in [0.15, 0.2) is 48.5 Å². The van der Waals surface area contributed by atoms with Crippen molar-refractivity contribution in [2.75, 3.05) is 43.4 Å². The smallest absolute Gasteiger partial charge is 0.338 e. The van der Waals surface area contributed by atoms with Crippen LogP contribution in [0.3, 0.4) is 0 Å². The van der Waals surface area contributed by atoms with Crippen molar-refractivity contribution in [3.63, 3.8) is 0 Å². The van der Waals surface area contributed by atoms with Gasteiger partial charge in [0.25, 0.3) is 5.91 Å². The van der Waals surface area contributed by atoms with Crippen LogP contribution in [-0.4, -0.2) is 49.6 Å². The Morgan fingerprint density at radius 2 is 1.65 bits per heavy atom. The van der Waals surface area contributed by atoms with Crippen molar-refractivity contribution < 1.29 is 18.7 Å². The van der Waals surface area contributed by atoms with E-state index in [4.69, 9.17) is 10.5 Å². The van der Waals surface area contributed by atoms with E-state index in [9.17, 15) is 14.0 Å². The van der Waals surface area contributed by atoms with E-state index in [0.717, 1.165) is 0 Å². The topological polar surface area (TPSA) is 75.9 Å². The quantitative estimate of drug-likeness (QED) is 0.668. The van der Waals surface area contributed by atoms with Crippen LogP contribution in [0.5, 0.6) is 0 Å². The zero-order valence-corrected chi connectivity index (χ0v) is 14.2. The number of hydrogen-bond acceptors (Lipinski definition) is 5. The Kier molecular flexibility index (Phi) is 5.36. The second-order valence-electron chi connectivity index (χ2n) is 6.02. The Morgan fingerprint density at radius 1 is 1.00 bits per heavy atom. The highest BCUT2D eigenvalue weighted by Gasteiger charge is 2.23. The highest BCUT2D eigenvalue weighted by molar-refractivity contribution is 5.91. The molecule has 0 unspecified atom stereocenters. The molecule has 2 N–H and O–H groups in total. The van der Waals surface area contributed by atoms with E-state index in [-0.39, 0.29) is 18.3 Å². The van der Waals surface area contributed by atoms with Crippen LogP contribution in [-0.2, 0) is 9.53 Å². The van der Waals surface area contributed by atoms with Gasteiger partial charge < -0.3 is 20.3 Å². The Labute approximate surface area is 150 Å². The van der Waals surface area contributed by atoms with E-state index < -0.39 is 5.97 Å². The number of esters is 1. The Morgan fingerprint density at radius 3 is 2.31 bits per heavy atom. The van der Waals surface area contributed by atoms with Crippen LogP contribution in [0.25, 0.3) is 0 Å². The molecule has 1 aliphatic rings. The number of hydrogen-bond donors (Lipinski definition) is 1. The van der Waals surface area contributed by atoms with Gasteiger partial charge in [-0.05, 0) is 36.4 Å². The maximum absolute atomic E-state index is 13.8. The van der Waals surface area contributed by atoms with Crippen LogP contribution in [0.1, 0.15) is 10.4 Å². The minimum Gasteiger partial charge on any atom is -0.452 e. The Hall–Kier alpha value is -3.09. The monoisotopic (exact) mass is 357 g/mol. The van der Waals surface area contributed by atoms with Gasteiger partial charge in [-0.2, -0.15) is 0 Å². The maximum atomic E-state index is 13.8. The molecule has 0 saturated carbocycles. The number of nitrogens with zero attached hydrogens (tertiary/aromatic N) is 2. The second-order valence-corrected chi connectivity index (χ2v) is 6.02. The first-order chi connectivity index (χ1) is 12.5. The molecule has 0 aromatic heterocycles. The van der Waals surface area contributed by atoms with Gasteiger partial charge in [0.05, 0.1) is 11.3 Å². The van der Waals surface area contributed by atoms with E-state index in [1.807, 2.05) is 4.90 Å². The van der Waals surface area contributed by atoms with Crippen LogP contribution in [0.4, 0.5) is 15.8 Å². The standard InChI is InChI=1S/C19H20FN3O3/c20-16-3-1-2-4-17(16)22-9-11-23(12-10-22)18(24)13-26-19(25)14-5-7-15(21)8-6-14/h1-8H,9-13,21H2. The maximum Gasteiger partial charge on any atom is 0.338 e. The third-order valence-electron chi connectivity index (χ3n) is 4.30. The fourth-order valence-corrected chi connectivity index (χ4v) is 2.83. The average Bonchev–Trinajstić information content (AvgIpc) is 2.67. The van der Waals surface area contributed by atoms with Crippen LogP contribution >= 0.6 is 0 Å². The number of ether oxygens (including phenoxy) is 1. The first-order valence-electron chi connectivity index (χ1n) is 8.34. The van der Waals surface area contributed by atoms with Gasteiger partial charge in [0.15, 0.2) is 6.61 Å². The average molecular weight is 357 g/mol. The van der Waals surface area contributed by atoms with Crippen molar-refractivity contribution in [2.45, 2.75) is 0 Å². The summed E-state index contributed by atoms with van der Waals surface area (Å²) in [6.07, 6.45) is 0. The molecule has 7 heteroatoms. The number of nitrogen functional groups attached to an aromatic ring is 1. The molecule has 0 bridgehead atoms. The highest BCUT2D eigenvalue weighted by Crippen LogP contribution is 2.20. The summed E-state index contributed by atoms with van der Waals surface area (Å²) in [5.41, 5.74) is 7.00. The summed E-state index contributed by atoms with van der Waals surface area (Å²) in [7, 11) is 0. The van der Waals surface area contributed by atoms with Crippen molar-refractivity contribution in [3.8, 4) is 0 Å². The molecule has 1 fully saturated rings. The lowest BCUT2D eigenvalue weighted by molar-refractivity contribution is -0.134. The van der Waals surface area contributed by atoms with E-state index in [0.29, 0.717) is 43.1 Å². The normalized spacial score (nSPS) is 14.2. The van der Waals surface area contributed by atoms with Crippen LogP contribution in [0, 0.1) is 5.82 Å². The molecule has 2 aromatic rings. The predicted octanol–water partition coefficient (Wildman–Crippen LogP) is 1.91. The summed E-state index contributed by atoms with van der Waals surface area (Å²) in [5.74, 6) is -1.10. The number of anilines is 2. The van der Waals surface area contributed by atoms with Gasteiger partial charge in [-0.15, -0.1) is 0 Å². The first-order valence-corrected chi connectivity index (χ1v) is 8.34. The molecule has 0 radical (unpaired) electrons. The fraction of sp³-hybridized carbons (Fsp3) is 0.263. The number of amides is 1. The number of para-hydroxylation sites is 1. The molecule has 26 heavy (non-hydrogen) atoms. The molecular weight excluding hydrogens is 337 g/mol. The molecule has 1 saturated heterocycles. The van der Waals surface area contributed by atoms with Gasteiger partial charge in [-0.25, -0.2) is 9.18 Å². The third-order valence-corrected chi connectivity index (χ3v) is 4.30. The lowest BCUT2D eigenvalue weighted by atomic mass is 10.2. The molecule has 0 aliphatic carbocycles. The van der Waals surface area contributed by atoms with Crippen molar-refractivity contribution in [1.29, 1.82) is 0 Å². The van der Waals surface area contributed by atoms with Crippen LogP contribution < -0.4 is 10.6 Å². The lowest BCUT2D eigenvalue weighted by Gasteiger charge is -2.36. The Balaban J connectivity index is 1.48. The van der Waals surface area contributed by atoms with Crippen molar-refractivity contribution in [3.05, 3.63) is 59.9 Å². The number of halogens is 1. The first kappa shape index (κ1) is 17.7. The number of carbonyl (C=O) groups excluding carboxylic acids is 2.